The van der Waals surface area contributed by atoms with Crippen molar-refractivity contribution < 1.29 is 9.90 Å². The molecule has 0 unspecified atom stereocenters. The number of rotatable bonds is 5. The van der Waals surface area contributed by atoms with E-state index in [2.05, 4.69) is 12.2 Å². The highest BCUT2D eigenvalue weighted by Gasteiger charge is 2.25. The molecule has 0 atom stereocenters. The topological polar surface area (TPSA) is 49.3 Å². The maximum atomic E-state index is 12.2. The van der Waals surface area contributed by atoms with E-state index in [1.165, 1.54) is 32.1 Å². The molecule has 20 heavy (non-hydrogen) atoms. The molecule has 110 valence electrons. The molecule has 0 saturated heterocycles. The van der Waals surface area contributed by atoms with Gasteiger partial charge < -0.3 is 10.4 Å². The van der Waals surface area contributed by atoms with Crippen LogP contribution in [0.1, 0.15) is 51.9 Å². The molecule has 0 spiro atoms. The van der Waals surface area contributed by atoms with Crippen LogP contribution in [-0.4, -0.2) is 11.0 Å². The number of benzene rings is 1. The molecule has 0 bridgehead atoms. The molecular formula is C17H25NO2. The highest BCUT2D eigenvalue weighted by Crippen LogP contribution is 2.32. The third-order valence-electron chi connectivity index (χ3n) is 4.30. The molecule has 0 heterocycles. The lowest BCUT2D eigenvalue weighted by atomic mass is 9.79. The van der Waals surface area contributed by atoms with Crippen molar-refractivity contribution in [2.45, 2.75) is 51.9 Å². The Bertz CT molecular complexity index is 436. The van der Waals surface area contributed by atoms with Gasteiger partial charge in [-0.1, -0.05) is 32.3 Å². The number of hydrogen-bond acceptors (Lipinski definition) is 2. The van der Waals surface area contributed by atoms with Gasteiger partial charge in [-0.2, -0.15) is 0 Å². The minimum absolute atomic E-state index is 0.101. The number of carbonyl (C=O) groups excluding carboxylic acids is 1. The summed E-state index contributed by atoms with van der Waals surface area (Å²) in [7, 11) is 0. The van der Waals surface area contributed by atoms with E-state index in [4.69, 9.17) is 0 Å². The zero-order chi connectivity index (χ0) is 14.4. The summed E-state index contributed by atoms with van der Waals surface area (Å²) in [6.45, 7) is 2.23. The van der Waals surface area contributed by atoms with E-state index in [1.807, 2.05) is 6.07 Å². The molecule has 1 aliphatic carbocycles. The average molecular weight is 275 g/mol. The molecule has 0 radical (unpaired) electrons. The van der Waals surface area contributed by atoms with Crippen LogP contribution < -0.4 is 5.32 Å². The molecule has 3 heteroatoms. The molecule has 1 saturated carbocycles. The maximum absolute atomic E-state index is 12.2. The standard InChI is InChI=1S/C17H25NO2/c1-2-3-5-13-8-10-14(11-9-13)17(20)18-15-6-4-7-16(19)12-15/h4,6-7,12-14,19H,2-3,5,8-11H2,1H3,(H,18,20). The van der Waals surface area contributed by atoms with Crippen LogP contribution in [0, 0.1) is 11.8 Å². The number of anilines is 1. The molecular weight excluding hydrogens is 250 g/mol. The first-order chi connectivity index (χ1) is 9.69. The number of nitrogens with one attached hydrogen (secondary N) is 1. The van der Waals surface area contributed by atoms with Crippen molar-refractivity contribution >= 4 is 11.6 Å². The second-order valence-electron chi connectivity index (χ2n) is 5.90. The van der Waals surface area contributed by atoms with Crippen molar-refractivity contribution in [3.05, 3.63) is 24.3 Å². The second kappa shape index (κ2) is 7.32. The van der Waals surface area contributed by atoms with Crippen LogP contribution in [0.15, 0.2) is 24.3 Å². The van der Waals surface area contributed by atoms with Gasteiger partial charge in [0.2, 0.25) is 5.91 Å². The van der Waals surface area contributed by atoms with Gasteiger partial charge in [-0.05, 0) is 43.7 Å². The van der Waals surface area contributed by atoms with E-state index < -0.39 is 0 Å². The van der Waals surface area contributed by atoms with Crippen molar-refractivity contribution in [2.24, 2.45) is 11.8 Å². The predicted octanol–water partition coefficient (Wildman–Crippen LogP) is 4.33. The highest BCUT2D eigenvalue weighted by molar-refractivity contribution is 5.92. The summed E-state index contributed by atoms with van der Waals surface area (Å²) in [6, 6.07) is 6.75. The van der Waals surface area contributed by atoms with Gasteiger partial charge in [0.15, 0.2) is 0 Å². The van der Waals surface area contributed by atoms with E-state index in [0.29, 0.717) is 5.69 Å². The lowest BCUT2D eigenvalue weighted by molar-refractivity contribution is -0.121. The number of aromatic hydroxyl groups is 1. The lowest BCUT2D eigenvalue weighted by Crippen LogP contribution is -2.27. The van der Waals surface area contributed by atoms with Gasteiger partial charge in [0.05, 0.1) is 0 Å². The smallest absolute Gasteiger partial charge is 0.227 e. The van der Waals surface area contributed by atoms with Gasteiger partial charge in [-0.15, -0.1) is 0 Å². The Morgan fingerprint density at radius 1 is 1.30 bits per heavy atom. The molecule has 3 nitrogen and oxygen atoms in total. The highest BCUT2D eigenvalue weighted by atomic mass is 16.3. The van der Waals surface area contributed by atoms with Crippen molar-refractivity contribution in [1.29, 1.82) is 0 Å². The summed E-state index contributed by atoms with van der Waals surface area (Å²) >= 11 is 0. The Kier molecular flexibility index (Phi) is 5.45. The van der Waals surface area contributed by atoms with Crippen molar-refractivity contribution in [1.82, 2.24) is 0 Å². The van der Waals surface area contributed by atoms with Crippen molar-refractivity contribution in [3.63, 3.8) is 0 Å². The Labute approximate surface area is 121 Å². The molecule has 0 aromatic heterocycles. The van der Waals surface area contributed by atoms with E-state index in [0.717, 1.165) is 18.8 Å². The molecule has 0 aliphatic heterocycles. The first-order valence-electron chi connectivity index (χ1n) is 7.79. The van der Waals surface area contributed by atoms with Gasteiger partial charge in [0.25, 0.3) is 0 Å². The van der Waals surface area contributed by atoms with E-state index in [-0.39, 0.29) is 17.6 Å². The van der Waals surface area contributed by atoms with Crippen molar-refractivity contribution in [3.8, 4) is 5.75 Å². The van der Waals surface area contributed by atoms with Gasteiger partial charge in [-0.25, -0.2) is 0 Å². The largest absolute Gasteiger partial charge is 0.508 e. The zero-order valence-electron chi connectivity index (χ0n) is 12.3. The van der Waals surface area contributed by atoms with Crippen LogP contribution in [0.4, 0.5) is 5.69 Å². The first kappa shape index (κ1) is 14.9. The van der Waals surface area contributed by atoms with Crippen LogP contribution in [0.3, 0.4) is 0 Å². The van der Waals surface area contributed by atoms with Gasteiger partial charge in [-0.3, -0.25) is 4.79 Å². The van der Waals surface area contributed by atoms with Crippen LogP contribution in [-0.2, 0) is 4.79 Å². The van der Waals surface area contributed by atoms with Gasteiger partial charge in [0, 0.05) is 17.7 Å². The summed E-state index contributed by atoms with van der Waals surface area (Å²) < 4.78 is 0. The normalized spacial score (nSPS) is 22.4. The molecule has 1 aromatic rings. The Morgan fingerprint density at radius 3 is 2.70 bits per heavy atom. The third-order valence-corrected chi connectivity index (χ3v) is 4.30. The van der Waals surface area contributed by atoms with Crippen molar-refractivity contribution in [2.75, 3.05) is 5.32 Å². The zero-order valence-corrected chi connectivity index (χ0v) is 12.3. The number of amides is 1. The lowest BCUT2D eigenvalue weighted by Gasteiger charge is -2.27. The summed E-state index contributed by atoms with van der Waals surface area (Å²) in [5, 5.41) is 12.3. The Morgan fingerprint density at radius 2 is 2.05 bits per heavy atom. The molecule has 1 aromatic carbocycles. The van der Waals surface area contributed by atoms with Crippen LogP contribution >= 0.6 is 0 Å². The number of carbonyl (C=O) groups is 1. The summed E-state index contributed by atoms with van der Waals surface area (Å²) in [4.78, 5) is 12.2. The fourth-order valence-electron chi connectivity index (χ4n) is 3.03. The third kappa shape index (κ3) is 4.26. The minimum atomic E-state index is 0.101. The fourth-order valence-corrected chi connectivity index (χ4v) is 3.03. The summed E-state index contributed by atoms with van der Waals surface area (Å²) in [5.41, 5.74) is 0.683. The van der Waals surface area contributed by atoms with E-state index >= 15 is 0 Å². The van der Waals surface area contributed by atoms with E-state index in [9.17, 15) is 9.90 Å². The number of hydrogen-bond donors (Lipinski definition) is 2. The molecule has 1 fully saturated rings. The summed E-state index contributed by atoms with van der Waals surface area (Å²) in [6.07, 6.45) is 8.24. The molecule has 2 rings (SSSR count). The monoisotopic (exact) mass is 275 g/mol. The molecule has 1 aliphatic rings. The number of phenols is 1. The molecule has 2 N–H and O–H groups in total. The van der Waals surface area contributed by atoms with Crippen LogP contribution in [0.5, 0.6) is 5.75 Å². The fraction of sp³-hybridized carbons (Fsp3) is 0.588. The minimum Gasteiger partial charge on any atom is -0.508 e. The first-order valence-corrected chi connectivity index (χ1v) is 7.79. The van der Waals surface area contributed by atoms with Crippen LogP contribution in [0.25, 0.3) is 0 Å². The quantitative estimate of drug-likeness (QED) is 0.840. The summed E-state index contributed by atoms with van der Waals surface area (Å²) in [5.74, 6) is 1.24. The Hall–Kier alpha value is -1.51. The van der Waals surface area contributed by atoms with E-state index in [1.54, 1.807) is 18.2 Å². The Balaban J connectivity index is 1.80. The average Bonchev–Trinajstić information content (AvgIpc) is 2.45. The molecule has 1 amide bonds. The van der Waals surface area contributed by atoms with Gasteiger partial charge >= 0.3 is 0 Å². The number of phenolic OH excluding ortho intramolecular Hbond substituents is 1. The maximum Gasteiger partial charge on any atom is 0.227 e. The van der Waals surface area contributed by atoms with Crippen LogP contribution in [0.2, 0.25) is 0 Å². The predicted molar refractivity (Wildman–Crippen MR) is 81.7 cm³/mol. The number of unbranched alkanes of at least 4 members (excludes halogenated alkanes) is 1. The van der Waals surface area contributed by atoms with Gasteiger partial charge in [0.1, 0.15) is 5.75 Å². The second-order valence-corrected chi connectivity index (χ2v) is 5.90. The SMILES string of the molecule is CCCCC1CCC(C(=O)Nc2cccc(O)c2)CC1.